The first-order chi connectivity index (χ1) is 6.36. The molecular weight excluding hydrogens is 170 g/mol. The maximum atomic E-state index is 10.3. The minimum atomic E-state index is 0.247. The third-order valence-electron chi connectivity index (χ3n) is 1.43. The average molecular weight is 181 g/mol. The molecule has 1 rings (SSSR count). The number of methoxy groups -OCH3 is 1. The molecular formula is C9H11NO3. The van der Waals surface area contributed by atoms with Crippen molar-refractivity contribution >= 4 is 6.29 Å². The van der Waals surface area contributed by atoms with E-state index in [1.807, 2.05) is 0 Å². The SMILES string of the molecule is COCOCc1ccc(C=O)cn1. The number of rotatable bonds is 5. The van der Waals surface area contributed by atoms with Crippen molar-refractivity contribution in [2.45, 2.75) is 6.61 Å². The highest BCUT2D eigenvalue weighted by Gasteiger charge is 1.94. The third kappa shape index (κ3) is 3.31. The minimum Gasteiger partial charge on any atom is -0.359 e. The van der Waals surface area contributed by atoms with E-state index < -0.39 is 0 Å². The van der Waals surface area contributed by atoms with Crippen molar-refractivity contribution in [1.82, 2.24) is 4.98 Å². The van der Waals surface area contributed by atoms with E-state index in [1.54, 1.807) is 19.2 Å². The number of hydrogen-bond acceptors (Lipinski definition) is 4. The second-order valence-electron chi connectivity index (χ2n) is 2.46. The molecule has 0 atom stereocenters. The maximum absolute atomic E-state index is 10.3. The van der Waals surface area contributed by atoms with Crippen molar-refractivity contribution in [2.24, 2.45) is 0 Å². The Hall–Kier alpha value is -1.26. The predicted octanol–water partition coefficient (Wildman–Crippen LogP) is 1.01. The van der Waals surface area contributed by atoms with E-state index in [9.17, 15) is 4.79 Å². The molecule has 0 aliphatic rings. The molecule has 0 saturated heterocycles. The van der Waals surface area contributed by atoms with Crippen LogP contribution in [0, 0.1) is 0 Å². The smallest absolute Gasteiger partial charge is 0.151 e. The lowest BCUT2D eigenvalue weighted by Crippen LogP contribution is -1.99. The van der Waals surface area contributed by atoms with Gasteiger partial charge in [0.15, 0.2) is 6.29 Å². The highest BCUT2D eigenvalue weighted by molar-refractivity contribution is 5.73. The number of aromatic nitrogens is 1. The maximum Gasteiger partial charge on any atom is 0.151 e. The number of aldehydes is 1. The Kier molecular flexibility index (Phi) is 4.08. The highest BCUT2D eigenvalue weighted by atomic mass is 16.7. The van der Waals surface area contributed by atoms with Crippen molar-refractivity contribution < 1.29 is 14.3 Å². The summed E-state index contributed by atoms with van der Waals surface area (Å²) in [4.78, 5) is 14.3. The standard InChI is InChI=1S/C9H11NO3/c1-12-7-13-6-9-3-2-8(5-11)4-10-9/h2-5H,6-7H2,1H3. The van der Waals surface area contributed by atoms with Crippen LogP contribution in [0.5, 0.6) is 0 Å². The molecule has 1 aromatic heterocycles. The molecule has 0 amide bonds. The molecule has 0 N–H and O–H groups in total. The second-order valence-corrected chi connectivity index (χ2v) is 2.46. The van der Waals surface area contributed by atoms with Crippen LogP contribution in [-0.4, -0.2) is 25.2 Å². The Labute approximate surface area is 76.5 Å². The van der Waals surface area contributed by atoms with Crippen molar-refractivity contribution in [1.29, 1.82) is 0 Å². The Bertz CT molecular complexity index is 258. The summed E-state index contributed by atoms with van der Waals surface area (Å²) in [7, 11) is 1.56. The van der Waals surface area contributed by atoms with Crippen LogP contribution in [0.2, 0.25) is 0 Å². The summed E-state index contributed by atoms with van der Waals surface area (Å²) in [5.41, 5.74) is 1.35. The normalized spacial score (nSPS) is 9.92. The molecule has 1 aromatic rings. The van der Waals surface area contributed by atoms with Crippen LogP contribution in [0.25, 0.3) is 0 Å². The summed E-state index contributed by atoms with van der Waals surface area (Å²) < 4.78 is 9.77. The van der Waals surface area contributed by atoms with Crippen LogP contribution >= 0.6 is 0 Å². The van der Waals surface area contributed by atoms with Crippen molar-refractivity contribution in [3.63, 3.8) is 0 Å². The first-order valence-corrected chi connectivity index (χ1v) is 3.83. The Morgan fingerprint density at radius 3 is 2.92 bits per heavy atom. The van der Waals surface area contributed by atoms with Crippen LogP contribution in [-0.2, 0) is 16.1 Å². The van der Waals surface area contributed by atoms with E-state index in [2.05, 4.69) is 4.98 Å². The predicted molar refractivity (Wildman–Crippen MR) is 46.3 cm³/mol. The Morgan fingerprint density at radius 2 is 2.38 bits per heavy atom. The molecule has 0 aliphatic carbocycles. The molecule has 0 saturated carbocycles. The van der Waals surface area contributed by atoms with Gasteiger partial charge in [-0.3, -0.25) is 9.78 Å². The van der Waals surface area contributed by atoms with Crippen LogP contribution in [0.3, 0.4) is 0 Å². The van der Waals surface area contributed by atoms with Gasteiger partial charge in [0.2, 0.25) is 0 Å². The van der Waals surface area contributed by atoms with Crippen molar-refractivity contribution in [3.8, 4) is 0 Å². The molecule has 0 aromatic carbocycles. The van der Waals surface area contributed by atoms with E-state index in [0.29, 0.717) is 12.2 Å². The fourth-order valence-electron chi connectivity index (χ4n) is 0.821. The summed E-state index contributed by atoms with van der Waals surface area (Å²) in [6, 6.07) is 3.45. The van der Waals surface area contributed by atoms with E-state index in [4.69, 9.17) is 9.47 Å². The lowest BCUT2D eigenvalue weighted by molar-refractivity contribution is -0.0401. The van der Waals surface area contributed by atoms with Crippen LogP contribution in [0.4, 0.5) is 0 Å². The van der Waals surface area contributed by atoms with Crippen LogP contribution < -0.4 is 0 Å². The zero-order valence-corrected chi connectivity index (χ0v) is 7.40. The van der Waals surface area contributed by atoms with Gasteiger partial charge in [0.25, 0.3) is 0 Å². The first kappa shape index (κ1) is 9.83. The van der Waals surface area contributed by atoms with Crippen molar-refractivity contribution in [2.75, 3.05) is 13.9 Å². The molecule has 13 heavy (non-hydrogen) atoms. The number of carbonyl (C=O) groups is 1. The fourth-order valence-corrected chi connectivity index (χ4v) is 0.821. The Morgan fingerprint density at radius 1 is 1.54 bits per heavy atom. The zero-order chi connectivity index (χ0) is 9.52. The largest absolute Gasteiger partial charge is 0.359 e. The minimum absolute atomic E-state index is 0.247. The monoisotopic (exact) mass is 181 g/mol. The lowest BCUT2D eigenvalue weighted by atomic mass is 10.3. The molecule has 70 valence electrons. The van der Waals surface area contributed by atoms with E-state index >= 15 is 0 Å². The second kappa shape index (κ2) is 5.40. The average Bonchev–Trinajstić information content (AvgIpc) is 2.19. The summed E-state index contributed by atoms with van der Waals surface area (Å²) in [5.74, 6) is 0. The van der Waals surface area contributed by atoms with Gasteiger partial charge in [0.1, 0.15) is 6.79 Å². The number of nitrogens with zero attached hydrogens (tertiary/aromatic N) is 1. The summed E-state index contributed by atoms with van der Waals surface area (Å²) >= 11 is 0. The number of hydrogen-bond donors (Lipinski definition) is 0. The van der Waals surface area contributed by atoms with Gasteiger partial charge in [-0.05, 0) is 12.1 Å². The molecule has 0 aliphatic heterocycles. The lowest BCUT2D eigenvalue weighted by Gasteiger charge is -2.01. The van der Waals surface area contributed by atoms with E-state index in [1.165, 1.54) is 6.20 Å². The van der Waals surface area contributed by atoms with Gasteiger partial charge in [-0.2, -0.15) is 0 Å². The van der Waals surface area contributed by atoms with Gasteiger partial charge in [0.05, 0.1) is 12.3 Å². The molecule has 4 heteroatoms. The Balaban J connectivity index is 2.44. The van der Waals surface area contributed by atoms with Gasteiger partial charge in [-0.1, -0.05) is 0 Å². The molecule has 0 fully saturated rings. The number of carbonyl (C=O) groups excluding carboxylic acids is 1. The molecule has 4 nitrogen and oxygen atoms in total. The number of pyridine rings is 1. The molecule has 0 radical (unpaired) electrons. The van der Waals surface area contributed by atoms with E-state index in [-0.39, 0.29) is 6.79 Å². The van der Waals surface area contributed by atoms with E-state index in [0.717, 1.165) is 12.0 Å². The first-order valence-electron chi connectivity index (χ1n) is 3.83. The van der Waals surface area contributed by atoms with Gasteiger partial charge in [-0.15, -0.1) is 0 Å². The molecule has 1 heterocycles. The number of ether oxygens (including phenoxy) is 2. The van der Waals surface area contributed by atoms with Gasteiger partial charge in [0, 0.05) is 18.9 Å². The quantitative estimate of drug-likeness (QED) is 0.386. The van der Waals surface area contributed by atoms with Gasteiger partial charge in [-0.25, -0.2) is 0 Å². The zero-order valence-electron chi connectivity index (χ0n) is 7.40. The van der Waals surface area contributed by atoms with Crippen LogP contribution in [0.15, 0.2) is 18.3 Å². The van der Waals surface area contributed by atoms with Gasteiger partial charge < -0.3 is 9.47 Å². The summed E-state index contributed by atoms with van der Waals surface area (Å²) in [6.45, 7) is 0.643. The molecule has 0 spiro atoms. The van der Waals surface area contributed by atoms with Crippen LogP contribution in [0.1, 0.15) is 16.1 Å². The molecule has 0 unspecified atom stereocenters. The topological polar surface area (TPSA) is 48.4 Å². The summed E-state index contributed by atoms with van der Waals surface area (Å²) in [6.07, 6.45) is 2.27. The summed E-state index contributed by atoms with van der Waals surface area (Å²) in [5, 5.41) is 0. The molecule has 0 bridgehead atoms. The highest BCUT2D eigenvalue weighted by Crippen LogP contribution is 1.99. The van der Waals surface area contributed by atoms with Crippen molar-refractivity contribution in [3.05, 3.63) is 29.6 Å². The fraction of sp³-hybridized carbons (Fsp3) is 0.333. The third-order valence-corrected chi connectivity index (χ3v) is 1.43. The van der Waals surface area contributed by atoms with Gasteiger partial charge >= 0.3 is 0 Å².